The van der Waals surface area contributed by atoms with E-state index < -0.39 is 12.1 Å². The fraction of sp³-hybridized carbons (Fsp3) is 0.783. The molecule has 0 aliphatic heterocycles. The van der Waals surface area contributed by atoms with E-state index in [9.17, 15) is 15.0 Å². The van der Waals surface area contributed by atoms with Crippen molar-refractivity contribution in [2.24, 2.45) is 11.8 Å². The van der Waals surface area contributed by atoms with Gasteiger partial charge in [0.1, 0.15) is 0 Å². The average Bonchev–Trinajstić information content (AvgIpc) is 2.92. The third kappa shape index (κ3) is 9.07. The van der Waals surface area contributed by atoms with E-state index in [2.05, 4.69) is 20.8 Å². The highest BCUT2D eigenvalue weighted by atomic mass is 16.4. The molecule has 1 aliphatic rings. The standard InChI is InChI=1S/C23H40O4/c1-4-5-8-11-18(24)14-15-20-19(21(17(2)3)16-22(20)25)12-9-6-7-10-13-23(26)27/h14-15,17-18,20,22,24-25H,4-13,16H2,1-3H3,(H,26,27)/t18-,20+,22+/m0/s1. The predicted octanol–water partition coefficient (Wildman–Crippen LogP) is 5.24. The first kappa shape index (κ1) is 23.9. The van der Waals surface area contributed by atoms with Crippen LogP contribution in [0.4, 0.5) is 0 Å². The van der Waals surface area contributed by atoms with Gasteiger partial charge in [0, 0.05) is 12.3 Å². The molecule has 4 heteroatoms. The summed E-state index contributed by atoms with van der Waals surface area (Å²) < 4.78 is 0. The molecule has 0 saturated heterocycles. The molecule has 0 amide bonds. The molecule has 1 rings (SSSR count). The van der Waals surface area contributed by atoms with Crippen molar-refractivity contribution in [2.75, 3.05) is 0 Å². The van der Waals surface area contributed by atoms with E-state index in [1.54, 1.807) is 0 Å². The molecule has 0 aromatic heterocycles. The topological polar surface area (TPSA) is 77.8 Å². The van der Waals surface area contributed by atoms with Crippen LogP contribution in [-0.2, 0) is 4.79 Å². The van der Waals surface area contributed by atoms with E-state index in [4.69, 9.17) is 5.11 Å². The van der Waals surface area contributed by atoms with Crippen LogP contribution in [0.1, 0.15) is 91.4 Å². The van der Waals surface area contributed by atoms with Crippen molar-refractivity contribution < 1.29 is 20.1 Å². The number of hydrogen-bond donors (Lipinski definition) is 3. The van der Waals surface area contributed by atoms with Gasteiger partial charge in [0.25, 0.3) is 0 Å². The summed E-state index contributed by atoms with van der Waals surface area (Å²) in [6, 6.07) is 0. The number of unbranched alkanes of at least 4 members (excludes halogenated alkanes) is 5. The fourth-order valence-electron chi connectivity index (χ4n) is 4.00. The summed E-state index contributed by atoms with van der Waals surface area (Å²) in [5.41, 5.74) is 2.70. The number of rotatable bonds is 14. The van der Waals surface area contributed by atoms with Gasteiger partial charge in [-0.05, 0) is 38.0 Å². The number of carboxylic acid groups (broad SMARTS) is 1. The summed E-state index contributed by atoms with van der Waals surface area (Å²) in [6.45, 7) is 6.52. The van der Waals surface area contributed by atoms with Crippen molar-refractivity contribution in [1.29, 1.82) is 0 Å². The molecule has 27 heavy (non-hydrogen) atoms. The number of aliphatic hydroxyl groups excluding tert-OH is 2. The van der Waals surface area contributed by atoms with Crippen LogP contribution in [0.25, 0.3) is 0 Å². The van der Waals surface area contributed by atoms with Gasteiger partial charge in [-0.3, -0.25) is 4.79 Å². The van der Waals surface area contributed by atoms with Crippen molar-refractivity contribution in [2.45, 2.75) is 104 Å². The van der Waals surface area contributed by atoms with E-state index >= 15 is 0 Å². The van der Waals surface area contributed by atoms with E-state index in [0.29, 0.717) is 5.92 Å². The molecule has 0 aromatic rings. The second kappa shape index (κ2) is 13.1. The average molecular weight is 381 g/mol. The number of carboxylic acids is 1. The first-order chi connectivity index (χ1) is 12.9. The zero-order valence-electron chi connectivity index (χ0n) is 17.5. The first-order valence-corrected chi connectivity index (χ1v) is 10.8. The zero-order valence-corrected chi connectivity index (χ0v) is 17.5. The maximum Gasteiger partial charge on any atom is 0.303 e. The molecule has 0 bridgehead atoms. The number of aliphatic hydroxyl groups is 2. The van der Waals surface area contributed by atoms with Gasteiger partial charge in [0.2, 0.25) is 0 Å². The molecule has 156 valence electrons. The fourth-order valence-corrected chi connectivity index (χ4v) is 4.00. The Hall–Kier alpha value is -1.13. The zero-order chi connectivity index (χ0) is 20.2. The van der Waals surface area contributed by atoms with Crippen molar-refractivity contribution >= 4 is 5.97 Å². The summed E-state index contributed by atoms with van der Waals surface area (Å²) in [4.78, 5) is 10.6. The Kier molecular flexibility index (Phi) is 11.6. The normalized spacial score (nSPS) is 21.6. The minimum Gasteiger partial charge on any atom is -0.481 e. The largest absolute Gasteiger partial charge is 0.481 e. The highest BCUT2D eigenvalue weighted by Crippen LogP contribution is 2.40. The maximum absolute atomic E-state index is 10.6. The highest BCUT2D eigenvalue weighted by Gasteiger charge is 2.32. The number of carbonyl (C=O) groups is 1. The van der Waals surface area contributed by atoms with E-state index in [0.717, 1.165) is 64.2 Å². The predicted molar refractivity (Wildman–Crippen MR) is 111 cm³/mol. The van der Waals surface area contributed by atoms with Crippen LogP contribution >= 0.6 is 0 Å². The number of hydrogen-bond acceptors (Lipinski definition) is 3. The molecule has 0 saturated carbocycles. The second-order valence-electron chi connectivity index (χ2n) is 8.26. The van der Waals surface area contributed by atoms with Gasteiger partial charge in [-0.15, -0.1) is 0 Å². The van der Waals surface area contributed by atoms with Crippen LogP contribution in [0.3, 0.4) is 0 Å². The summed E-state index contributed by atoms with van der Waals surface area (Å²) in [5, 5.41) is 29.4. The lowest BCUT2D eigenvalue weighted by Gasteiger charge is -2.17. The third-order valence-corrected chi connectivity index (χ3v) is 5.59. The van der Waals surface area contributed by atoms with Crippen LogP contribution < -0.4 is 0 Å². The Morgan fingerprint density at radius 3 is 2.48 bits per heavy atom. The van der Waals surface area contributed by atoms with E-state index in [-0.39, 0.29) is 18.4 Å². The Bertz CT molecular complexity index is 493. The maximum atomic E-state index is 10.6. The molecule has 0 radical (unpaired) electrons. The molecule has 0 unspecified atom stereocenters. The molecule has 3 N–H and O–H groups in total. The Balaban J connectivity index is 2.61. The van der Waals surface area contributed by atoms with E-state index in [1.165, 1.54) is 11.1 Å². The lowest BCUT2D eigenvalue weighted by atomic mass is 9.90. The third-order valence-electron chi connectivity index (χ3n) is 5.59. The molecule has 0 aromatic carbocycles. The second-order valence-corrected chi connectivity index (χ2v) is 8.26. The molecule has 0 spiro atoms. The molecular formula is C23H40O4. The lowest BCUT2D eigenvalue weighted by Crippen LogP contribution is -2.15. The Labute approximate surface area is 165 Å². The molecule has 0 fully saturated rings. The molecular weight excluding hydrogens is 340 g/mol. The van der Waals surface area contributed by atoms with Crippen LogP contribution in [0.5, 0.6) is 0 Å². The van der Waals surface area contributed by atoms with Crippen molar-refractivity contribution in [3.63, 3.8) is 0 Å². The summed E-state index contributed by atoms with van der Waals surface area (Å²) >= 11 is 0. The summed E-state index contributed by atoms with van der Waals surface area (Å²) in [6.07, 6.45) is 12.9. The number of aliphatic carboxylic acids is 1. The molecule has 0 heterocycles. The lowest BCUT2D eigenvalue weighted by molar-refractivity contribution is -0.137. The van der Waals surface area contributed by atoms with Crippen LogP contribution in [0.2, 0.25) is 0 Å². The quantitative estimate of drug-likeness (QED) is 0.284. The van der Waals surface area contributed by atoms with Crippen molar-refractivity contribution in [3.05, 3.63) is 23.3 Å². The van der Waals surface area contributed by atoms with Gasteiger partial charge in [-0.25, -0.2) is 0 Å². The minimum absolute atomic E-state index is 0.0160. The van der Waals surface area contributed by atoms with Gasteiger partial charge >= 0.3 is 5.97 Å². The smallest absolute Gasteiger partial charge is 0.303 e. The first-order valence-electron chi connectivity index (χ1n) is 10.8. The van der Waals surface area contributed by atoms with Crippen LogP contribution in [0.15, 0.2) is 23.3 Å². The van der Waals surface area contributed by atoms with Crippen LogP contribution in [0, 0.1) is 11.8 Å². The van der Waals surface area contributed by atoms with Gasteiger partial charge in [0.05, 0.1) is 12.2 Å². The Morgan fingerprint density at radius 2 is 1.85 bits per heavy atom. The molecule has 1 aliphatic carbocycles. The van der Waals surface area contributed by atoms with E-state index in [1.807, 2.05) is 12.2 Å². The SMILES string of the molecule is CCCCC[C@H](O)C=C[C@@H]1C(CCCCCCC(=O)O)=C(C(C)C)C[C@H]1O. The van der Waals surface area contributed by atoms with Gasteiger partial charge in [-0.1, -0.05) is 76.2 Å². The van der Waals surface area contributed by atoms with Gasteiger partial charge in [0.15, 0.2) is 0 Å². The van der Waals surface area contributed by atoms with Crippen molar-refractivity contribution in [3.8, 4) is 0 Å². The monoisotopic (exact) mass is 380 g/mol. The Morgan fingerprint density at radius 1 is 1.15 bits per heavy atom. The van der Waals surface area contributed by atoms with Crippen LogP contribution in [-0.4, -0.2) is 33.5 Å². The summed E-state index contributed by atoms with van der Waals surface area (Å²) in [5.74, 6) is -0.279. The molecule has 4 nitrogen and oxygen atoms in total. The van der Waals surface area contributed by atoms with Crippen molar-refractivity contribution in [1.82, 2.24) is 0 Å². The minimum atomic E-state index is -0.721. The molecule has 3 atom stereocenters. The highest BCUT2D eigenvalue weighted by molar-refractivity contribution is 5.66. The van der Waals surface area contributed by atoms with Gasteiger partial charge in [-0.2, -0.15) is 0 Å². The summed E-state index contributed by atoms with van der Waals surface area (Å²) in [7, 11) is 0. The van der Waals surface area contributed by atoms with Gasteiger partial charge < -0.3 is 15.3 Å².